The van der Waals surface area contributed by atoms with E-state index in [4.69, 9.17) is 10.9 Å². The molecule has 3 heteroatoms. The molecule has 0 radical (unpaired) electrons. The van der Waals surface area contributed by atoms with Gasteiger partial charge in [-0.3, -0.25) is 4.57 Å². The summed E-state index contributed by atoms with van der Waals surface area (Å²) in [6.45, 7) is 1.92. The Labute approximate surface area is 67.8 Å². The molecule has 1 saturated heterocycles. The van der Waals surface area contributed by atoms with Gasteiger partial charge in [0.15, 0.2) is 0 Å². The van der Waals surface area contributed by atoms with Crippen LogP contribution < -0.4 is 0 Å². The topological polar surface area (TPSA) is 26.3 Å². The SMILES string of the molecule is C#CC1CCP(=O)(OC)C1C. The van der Waals surface area contributed by atoms with Gasteiger partial charge in [-0.1, -0.05) is 6.92 Å². The van der Waals surface area contributed by atoms with Gasteiger partial charge in [-0.2, -0.15) is 0 Å². The minimum absolute atomic E-state index is 0.0532. The van der Waals surface area contributed by atoms with E-state index in [1.807, 2.05) is 6.92 Å². The summed E-state index contributed by atoms with van der Waals surface area (Å²) in [6.07, 6.45) is 6.78. The molecule has 3 unspecified atom stereocenters. The Morgan fingerprint density at radius 2 is 2.36 bits per heavy atom. The van der Waals surface area contributed by atoms with E-state index in [1.165, 1.54) is 7.11 Å². The van der Waals surface area contributed by atoms with Crippen molar-refractivity contribution in [2.75, 3.05) is 13.3 Å². The second-order valence-electron chi connectivity index (χ2n) is 2.93. The van der Waals surface area contributed by atoms with Crippen LogP contribution in [-0.2, 0) is 9.09 Å². The number of terminal acetylenes is 1. The Balaban J connectivity index is 2.80. The zero-order valence-electron chi connectivity index (χ0n) is 6.91. The van der Waals surface area contributed by atoms with Crippen LogP contribution in [0.25, 0.3) is 0 Å². The van der Waals surface area contributed by atoms with Gasteiger partial charge in [-0.05, 0) is 6.42 Å². The lowest BCUT2D eigenvalue weighted by Gasteiger charge is -2.15. The molecule has 0 N–H and O–H groups in total. The molecule has 3 atom stereocenters. The summed E-state index contributed by atoms with van der Waals surface area (Å²) in [6, 6.07) is 0. The zero-order valence-corrected chi connectivity index (χ0v) is 7.80. The van der Waals surface area contributed by atoms with Gasteiger partial charge in [0, 0.05) is 24.8 Å². The van der Waals surface area contributed by atoms with E-state index in [0.29, 0.717) is 6.16 Å². The van der Waals surface area contributed by atoms with Gasteiger partial charge in [0.2, 0.25) is 7.37 Å². The number of hydrogen-bond donors (Lipinski definition) is 0. The summed E-state index contributed by atoms with van der Waals surface area (Å²) in [5.41, 5.74) is 0.0532. The van der Waals surface area contributed by atoms with E-state index in [9.17, 15) is 4.57 Å². The van der Waals surface area contributed by atoms with Crippen LogP contribution in [0, 0.1) is 18.3 Å². The molecule has 0 aromatic carbocycles. The van der Waals surface area contributed by atoms with Crippen LogP contribution >= 0.6 is 7.37 Å². The summed E-state index contributed by atoms with van der Waals surface area (Å²) in [4.78, 5) is 0. The molecule has 11 heavy (non-hydrogen) atoms. The van der Waals surface area contributed by atoms with E-state index in [1.54, 1.807) is 0 Å². The van der Waals surface area contributed by atoms with Crippen LogP contribution in [0.15, 0.2) is 0 Å². The van der Waals surface area contributed by atoms with Crippen molar-refractivity contribution in [3.05, 3.63) is 0 Å². The van der Waals surface area contributed by atoms with Crippen molar-refractivity contribution in [1.82, 2.24) is 0 Å². The Morgan fingerprint density at radius 3 is 2.64 bits per heavy atom. The van der Waals surface area contributed by atoms with Crippen molar-refractivity contribution in [2.45, 2.75) is 19.0 Å². The van der Waals surface area contributed by atoms with Gasteiger partial charge in [0.05, 0.1) is 0 Å². The highest BCUT2D eigenvalue weighted by atomic mass is 31.2. The van der Waals surface area contributed by atoms with Crippen LogP contribution in [-0.4, -0.2) is 18.9 Å². The zero-order chi connectivity index (χ0) is 8.48. The van der Waals surface area contributed by atoms with Crippen molar-refractivity contribution in [1.29, 1.82) is 0 Å². The summed E-state index contributed by atoms with van der Waals surface area (Å²) in [5.74, 6) is 2.80. The quantitative estimate of drug-likeness (QED) is 0.446. The fraction of sp³-hybridized carbons (Fsp3) is 0.750. The van der Waals surface area contributed by atoms with Gasteiger partial charge in [-0.25, -0.2) is 0 Å². The molecule has 0 aromatic heterocycles. The first kappa shape index (κ1) is 8.84. The standard InChI is InChI=1S/C8H13O2P/c1-4-8-5-6-11(9,10-3)7(8)2/h1,7-8H,5-6H2,2-3H3. The molecule has 1 aliphatic heterocycles. The summed E-state index contributed by atoms with van der Waals surface area (Å²) < 4.78 is 16.8. The third kappa shape index (κ3) is 1.36. The van der Waals surface area contributed by atoms with Crippen molar-refractivity contribution in [2.24, 2.45) is 5.92 Å². The van der Waals surface area contributed by atoms with Crippen LogP contribution in [0.2, 0.25) is 0 Å². The van der Waals surface area contributed by atoms with Crippen molar-refractivity contribution in [3.8, 4) is 12.3 Å². The van der Waals surface area contributed by atoms with Gasteiger partial charge >= 0.3 is 0 Å². The average molecular weight is 172 g/mol. The molecular formula is C8H13O2P. The lowest BCUT2D eigenvalue weighted by Crippen LogP contribution is -2.07. The Hall–Kier alpha value is -0.250. The smallest absolute Gasteiger partial charge is 0.206 e. The van der Waals surface area contributed by atoms with Gasteiger partial charge in [0.1, 0.15) is 0 Å². The van der Waals surface area contributed by atoms with E-state index in [2.05, 4.69) is 5.92 Å². The molecule has 0 amide bonds. The molecule has 62 valence electrons. The van der Waals surface area contributed by atoms with E-state index in [-0.39, 0.29) is 11.6 Å². The molecule has 0 bridgehead atoms. The second kappa shape index (κ2) is 3.01. The lowest BCUT2D eigenvalue weighted by molar-refractivity contribution is 0.390. The molecule has 0 saturated carbocycles. The molecule has 1 rings (SSSR count). The maximum Gasteiger partial charge on any atom is 0.206 e. The summed E-state index contributed by atoms with van der Waals surface area (Å²) in [7, 11) is -0.847. The predicted octanol–water partition coefficient (Wildman–Crippen LogP) is 1.95. The molecule has 0 aliphatic carbocycles. The Kier molecular flexibility index (Phi) is 2.42. The van der Waals surface area contributed by atoms with Crippen molar-refractivity contribution in [3.63, 3.8) is 0 Å². The molecule has 1 fully saturated rings. The van der Waals surface area contributed by atoms with Crippen molar-refractivity contribution < 1.29 is 9.09 Å². The van der Waals surface area contributed by atoms with Gasteiger partial charge in [-0.15, -0.1) is 12.3 Å². The average Bonchev–Trinajstić information content (AvgIpc) is 2.31. The normalized spacial score (nSPS) is 43.7. The van der Waals surface area contributed by atoms with Crippen molar-refractivity contribution >= 4 is 7.37 Å². The minimum atomic E-state index is -2.36. The second-order valence-corrected chi connectivity index (χ2v) is 6.01. The lowest BCUT2D eigenvalue weighted by atomic mass is 10.1. The summed E-state index contributed by atoms with van der Waals surface area (Å²) in [5, 5.41) is 0. The van der Waals surface area contributed by atoms with Gasteiger partial charge < -0.3 is 4.52 Å². The maximum atomic E-state index is 11.8. The van der Waals surface area contributed by atoms with Gasteiger partial charge in [0.25, 0.3) is 0 Å². The predicted molar refractivity (Wildman–Crippen MR) is 45.9 cm³/mol. The fourth-order valence-electron chi connectivity index (χ4n) is 1.52. The van der Waals surface area contributed by atoms with Crippen LogP contribution in [0.3, 0.4) is 0 Å². The largest absolute Gasteiger partial charge is 0.332 e. The highest BCUT2D eigenvalue weighted by Gasteiger charge is 2.41. The third-order valence-electron chi connectivity index (χ3n) is 2.48. The molecule has 1 aliphatic rings. The first-order chi connectivity index (χ1) is 5.14. The maximum absolute atomic E-state index is 11.8. The monoisotopic (exact) mass is 172 g/mol. The van der Waals surface area contributed by atoms with E-state index < -0.39 is 7.37 Å². The minimum Gasteiger partial charge on any atom is -0.332 e. The van der Waals surface area contributed by atoms with Crippen LogP contribution in [0.4, 0.5) is 0 Å². The van der Waals surface area contributed by atoms with Crippen LogP contribution in [0.5, 0.6) is 0 Å². The molecule has 0 spiro atoms. The number of hydrogen-bond acceptors (Lipinski definition) is 2. The van der Waals surface area contributed by atoms with E-state index in [0.717, 1.165) is 6.42 Å². The molecule has 1 heterocycles. The first-order valence-electron chi connectivity index (χ1n) is 3.74. The Morgan fingerprint density at radius 1 is 1.73 bits per heavy atom. The van der Waals surface area contributed by atoms with E-state index >= 15 is 0 Å². The van der Waals surface area contributed by atoms with Crippen LogP contribution in [0.1, 0.15) is 13.3 Å². The third-order valence-corrected chi connectivity index (χ3v) is 5.58. The summed E-state index contributed by atoms with van der Waals surface area (Å²) >= 11 is 0. The molecule has 2 nitrogen and oxygen atoms in total. The highest BCUT2D eigenvalue weighted by Crippen LogP contribution is 2.59. The highest BCUT2D eigenvalue weighted by molar-refractivity contribution is 7.60. The molecular weight excluding hydrogens is 159 g/mol. The Bertz CT molecular complexity index is 229. The molecule has 0 aromatic rings. The first-order valence-corrected chi connectivity index (χ1v) is 5.62. The fourth-order valence-corrected chi connectivity index (χ4v) is 3.86. The number of rotatable bonds is 1.